The number of benzene rings is 2. The number of rotatable bonds is 4. The molecule has 0 atom stereocenters. The molecule has 0 aliphatic carbocycles. The van der Waals surface area contributed by atoms with Crippen LogP contribution in [0, 0.1) is 11.3 Å². The third-order valence-corrected chi connectivity index (χ3v) is 4.29. The van der Waals surface area contributed by atoms with Gasteiger partial charge < -0.3 is 4.74 Å². The Morgan fingerprint density at radius 3 is 2.73 bits per heavy atom. The Balaban J connectivity index is 1.76. The van der Waals surface area contributed by atoms with Crippen molar-refractivity contribution >= 4 is 22.9 Å². The van der Waals surface area contributed by atoms with Crippen LogP contribution in [-0.4, -0.2) is 4.98 Å². The summed E-state index contributed by atoms with van der Waals surface area (Å²) in [6.45, 7) is 0.319. The van der Waals surface area contributed by atoms with Gasteiger partial charge >= 0.3 is 0 Å². The zero-order valence-electron chi connectivity index (χ0n) is 11.5. The van der Waals surface area contributed by atoms with E-state index in [2.05, 4.69) is 11.1 Å². The first-order chi connectivity index (χ1) is 10.8. The van der Waals surface area contributed by atoms with E-state index in [1.807, 2.05) is 41.8 Å². The molecule has 3 rings (SSSR count). The summed E-state index contributed by atoms with van der Waals surface area (Å²) in [6.07, 6.45) is 0. The minimum absolute atomic E-state index is 0.319. The third-order valence-electron chi connectivity index (χ3n) is 3.04. The lowest BCUT2D eigenvalue weighted by Crippen LogP contribution is -1.97. The smallest absolute Gasteiger partial charge is 0.137 e. The highest BCUT2D eigenvalue weighted by Crippen LogP contribution is 2.30. The van der Waals surface area contributed by atoms with Gasteiger partial charge in [-0.25, -0.2) is 4.98 Å². The van der Waals surface area contributed by atoms with E-state index in [4.69, 9.17) is 21.6 Å². The molecule has 3 nitrogen and oxygen atoms in total. The Hall–Kier alpha value is -2.35. The fourth-order valence-corrected chi connectivity index (χ4v) is 3.09. The number of hydrogen-bond acceptors (Lipinski definition) is 4. The number of thiazole rings is 1. The summed E-state index contributed by atoms with van der Waals surface area (Å²) in [6, 6.07) is 16.9. The van der Waals surface area contributed by atoms with Crippen LogP contribution in [0.3, 0.4) is 0 Å². The molecule has 0 aliphatic heterocycles. The molecular formula is C17H11ClN2OS. The maximum Gasteiger partial charge on any atom is 0.137 e. The zero-order valence-corrected chi connectivity index (χ0v) is 13.1. The number of ether oxygens (including phenoxy) is 1. The monoisotopic (exact) mass is 326 g/mol. The SMILES string of the molecule is N#Cc1ccccc1OCc1csc(-c2ccccc2Cl)n1. The van der Waals surface area contributed by atoms with Crippen LogP contribution in [0.1, 0.15) is 11.3 Å². The second-order valence-electron chi connectivity index (χ2n) is 4.52. The van der Waals surface area contributed by atoms with Crippen LogP contribution in [0.4, 0.5) is 0 Å². The number of aromatic nitrogens is 1. The maximum atomic E-state index is 9.04. The highest BCUT2D eigenvalue weighted by Gasteiger charge is 2.09. The molecule has 0 fully saturated rings. The molecule has 0 spiro atoms. The van der Waals surface area contributed by atoms with Crippen molar-refractivity contribution in [1.29, 1.82) is 5.26 Å². The van der Waals surface area contributed by atoms with E-state index < -0.39 is 0 Å². The van der Waals surface area contributed by atoms with Gasteiger partial charge in [-0.15, -0.1) is 11.3 Å². The molecule has 1 aromatic heterocycles. The van der Waals surface area contributed by atoms with Crippen molar-refractivity contribution in [2.45, 2.75) is 6.61 Å². The summed E-state index contributed by atoms with van der Waals surface area (Å²) in [5.41, 5.74) is 2.24. The van der Waals surface area contributed by atoms with Gasteiger partial charge in [0.05, 0.1) is 16.3 Å². The number of nitrogens with zero attached hydrogens (tertiary/aromatic N) is 2. The molecule has 1 heterocycles. The van der Waals surface area contributed by atoms with Crippen molar-refractivity contribution in [2.75, 3.05) is 0 Å². The molecule has 2 aromatic carbocycles. The fraction of sp³-hybridized carbons (Fsp3) is 0.0588. The Morgan fingerprint density at radius 2 is 1.91 bits per heavy atom. The largest absolute Gasteiger partial charge is 0.486 e. The first kappa shape index (κ1) is 14.6. The number of nitriles is 1. The molecule has 3 aromatic rings. The van der Waals surface area contributed by atoms with Crippen LogP contribution in [0.25, 0.3) is 10.6 Å². The van der Waals surface area contributed by atoms with Crippen LogP contribution in [0.5, 0.6) is 5.75 Å². The van der Waals surface area contributed by atoms with E-state index in [1.165, 1.54) is 11.3 Å². The average molecular weight is 327 g/mol. The van der Waals surface area contributed by atoms with Crippen LogP contribution < -0.4 is 4.74 Å². The lowest BCUT2D eigenvalue weighted by Gasteiger charge is -2.05. The summed E-state index contributed by atoms with van der Waals surface area (Å²) < 4.78 is 5.68. The van der Waals surface area contributed by atoms with Gasteiger partial charge in [0, 0.05) is 10.9 Å². The maximum absolute atomic E-state index is 9.04. The summed E-state index contributed by atoms with van der Waals surface area (Å²) in [4.78, 5) is 4.54. The van der Waals surface area contributed by atoms with Crippen LogP contribution in [0.15, 0.2) is 53.9 Å². The molecule has 5 heteroatoms. The average Bonchev–Trinajstić information content (AvgIpc) is 3.02. The predicted octanol–water partition coefficient (Wildman–Crippen LogP) is 4.91. The number of halogens is 1. The Kier molecular flexibility index (Phi) is 4.38. The van der Waals surface area contributed by atoms with E-state index >= 15 is 0 Å². The Labute approximate surface area is 137 Å². The highest BCUT2D eigenvalue weighted by molar-refractivity contribution is 7.13. The van der Waals surface area contributed by atoms with Crippen LogP contribution in [0.2, 0.25) is 5.02 Å². The summed E-state index contributed by atoms with van der Waals surface area (Å²) in [5.74, 6) is 0.567. The van der Waals surface area contributed by atoms with E-state index in [0.717, 1.165) is 16.3 Å². The zero-order chi connectivity index (χ0) is 15.4. The van der Waals surface area contributed by atoms with Crippen molar-refractivity contribution in [3.05, 3.63) is 70.2 Å². The summed E-state index contributed by atoms with van der Waals surface area (Å²) in [5, 5.41) is 12.5. The third kappa shape index (κ3) is 3.11. The van der Waals surface area contributed by atoms with Crippen LogP contribution in [-0.2, 0) is 6.61 Å². The summed E-state index contributed by atoms with van der Waals surface area (Å²) >= 11 is 7.70. The molecule has 0 bridgehead atoms. The number of hydrogen-bond donors (Lipinski definition) is 0. The lowest BCUT2D eigenvalue weighted by molar-refractivity contribution is 0.301. The fourth-order valence-electron chi connectivity index (χ4n) is 1.97. The van der Waals surface area contributed by atoms with Gasteiger partial charge in [0.25, 0.3) is 0 Å². The van der Waals surface area contributed by atoms with Crippen molar-refractivity contribution in [3.63, 3.8) is 0 Å². The Bertz CT molecular complexity index is 838. The van der Waals surface area contributed by atoms with E-state index in [0.29, 0.717) is 22.9 Å². The van der Waals surface area contributed by atoms with Gasteiger partial charge in [-0.2, -0.15) is 5.26 Å². The Morgan fingerprint density at radius 1 is 1.14 bits per heavy atom. The van der Waals surface area contributed by atoms with E-state index in [9.17, 15) is 0 Å². The summed E-state index contributed by atoms with van der Waals surface area (Å²) in [7, 11) is 0. The molecule has 0 radical (unpaired) electrons. The first-order valence-corrected chi connectivity index (χ1v) is 7.85. The van der Waals surface area contributed by atoms with Gasteiger partial charge in [-0.1, -0.05) is 41.9 Å². The molecule has 108 valence electrons. The minimum Gasteiger partial charge on any atom is -0.486 e. The van der Waals surface area contributed by atoms with Gasteiger partial charge in [-0.05, 0) is 18.2 Å². The molecule has 0 aliphatic rings. The van der Waals surface area contributed by atoms with Crippen molar-refractivity contribution in [3.8, 4) is 22.4 Å². The standard InChI is InChI=1S/C17H11ClN2OS/c18-15-7-3-2-6-14(15)17-20-13(11-22-17)10-21-16-8-4-1-5-12(16)9-19/h1-8,11H,10H2. The molecule has 22 heavy (non-hydrogen) atoms. The quantitative estimate of drug-likeness (QED) is 0.684. The van der Waals surface area contributed by atoms with Gasteiger partial charge in [0.2, 0.25) is 0 Å². The molecule has 0 saturated carbocycles. The number of para-hydroxylation sites is 1. The minimum atomic E-state index is 0.319. The predicted molar refractivity (Wildman–Crippen MR) is 88.0 cm³/mol. The first-order valence-electron chi connectivity index (χ1n) is 6.59. The van der Waals surface area contributed by atoms with Crippen LogP contribution >= 0.6 is 22.9 Å². The van der Waals surface area contributed by atoms with E-state index in [1.54, 1.807) is 12.1 Å². The second kappa shape index (κ2) is 6.61. The topological polar surface area (TPSA) is 45.9 Å². The second-order valence-corrected chi connectivity index (χ2v) is 5.79. The molecular weight excluding hydrogens is 316 g/mol. The molecule has 0 amide bonds. The van der Waals surface area contributed by atoms with E-state index in [-0.39, 0.29) is 0 Å². The van der Waals surface area contributed by atoms with Gasteiger partial charge in [0.15, 0.2) is 0 Å². The van der Waals surface area contributed by atoms with Gasteiger partial charge in [-0.3, -0.25) is 0 Å². The normalized spacial score (nSPS) is 10.2. The van der Waals surface area contributed by atoms with Crippen molar-refractivity contribution in [2.24, 2.45) is 0 Å². The van der Waals surface area contributed by atoms with Crippen molar-refractivity contribution in [1.82, 2.24) is 4.98 Å². The van der Waals surface area contributed by atoms with Gasteiger partial charge in [0.1, 0.15) is 23.4 Å². The highest BCUT2D eigenvalue weighted by atomic mass is 35.5. The molecule has 0 unspecified atom stereocenters. The molecule has 0 saturated heterocycles. The lowest BCUT2D eigenvalue weighted by atomic mass is 10.2. The molecule has 0 N–H and O–H groups in total. The van der Waals surface area contributed by atoms with Crippen molar-refractivity contribution < 1.29 is 4.74 Å².